The van der Waals surface area contributed by atoms with Crippen LogP contribution in [-0.2, 0) is 6.54 Å². The van der Waals surface area contributed by atoms with Crippen molar-refractivity contribution in [2.24, 2.45) is 0 Å². The van der Waals surface area contributed by atoms with Crippen molar-refractivity contribution in [3.05, 3.63) is 38.9 Å². The van der Waals surface area contributed by atoms with Crippen molar-refractivity contribution in [1.29, 1.82) is 0 Å². The molecule has 128 valence electrons. The molecule has 24 heavy (non-hydrogen) atoms. The van der Waals surface area contributed by atoms with E-state index in [1.54, 1.807) is 0 Å². The van der Waals surface area contributed by atoms with Crippen molar-refractivity contribution in [2.45, 2.75) is 44.2 Å². The van der Waals surface area contributed by atoms with Gasteiger partial charge < -0.3 is 4.90 Å². The maximum Gasteiger partial charge on any atom is 0.133 e. The number of nitrogens with zero attached hydrogens (tertiary/aromatic N) is 4. The van der Waals surface area contributed by atoms with Crippen molar-refractivity contribution in [2.75, 3.05) is 25.0 Å². The van der Waals surface area contributed by atoms with Crippen LogP contribution in [0.2, 0.25) is 0 Å². The summed E-state index contributed by atoms with van der Waals surface area (Å²) in [5.41, 5.74) is 0. The predicted molar refractivity (Wildman–Crippen MR) is 103 cm³/mol. The van der Waals surface area contributed by atoms with Gasteiger partial charge in [-0.15, -0.1) is 11.3 Å². The summed E-state index contributed by atoms with van der Waals surface area (Å²) in [6.45, 7) is 3.39. The first-order chi connectivity index (χ1) is 11.7. The summed E-state index contributed by atoms with van der Waals surface area (Å²) in [4.78, 5) is 15.6. The fraction of sp³-hybridized carbons (Fsp3) is 0.556. The lowest BCUT2D eigenvalue weighted by Gasteiger charge is -2.37. The van der Waals surface area contributed by atoms with Crippen molar-refractivity contribution in [3.63, 3.8) is 0 Å². The van der Waals surface area contributed by atoms with Crippen LogP contribution in [-0.4, -0.2) is 41.0 Å². The molecule has 0 aromatic carbocycles. The molecule has 2 fully saturated rings. The molecule has 1 saturated carbocycles. The maximum absolute atomic E-state index is 4.80. The molecule has 0 spiro atoms. The van der Waals surface area contributed by atoms with Crippen LogP contribution in [0.3, 0.4) is 0 Å². The van der Waals surface area contributed by atoms with E-state index in [4.69, 9.17) is 4.98 Å². The number of hydrogen-bond acceptors (Lipinski definition) is 5. The van der Waals surface area contributed by atoms with Crippen LogP contribution >= 0.6 is 27.3 Å². The number of piperidine rings is 1. The van der Waals surface area contributed by atoms with Gasteiger partial charge in [-0.1, -0.05) is 0 Å². The Morgan fingerprint density at radius 2 is 2.08 bits per heavy atom. The van der Waals surface area contributed by atoms with Gasteiger partial charge in [-0.3, -0.25) is 4.90 Å². The van der Waals surface area contributed by atoms with Gasteiger partial charge in [-0.05, 0) is 53.7 Å². The van der Waals surface area contributed by atoms with E-state index in [-0.39, 0.29) is 0 Å². The standard InChI is InChI=1S/C18H23BrN4S/c1-22(17-4-7-20-18(21-17)13-2-3-13)15-5-8-23(9-6-15)11-16-10-14(19)12-24-16/h4,7,10,12-13,15H,2-3,5-6,8-9,11H2,1H3. The lowest BCUT2D eigenvalue weighted by molar-refractivity contribution is 0.204. The van der Waals surface area contributed by atoms with Crippen LogP contribution in [0, 0.1) is 0 Å². The second kappa shape index (κ2) is 7.10. The zero-order valence-corrected chi connectivity index (χ0v) is 16.4. The van der Waals surface area contributed by atoms with E-state index in [0.29, 0.717) is 12.0 Å². The molecule has 0 radical (unpaired) electrons. The van der Waals surface area contributed by atoms with Gasteiger partial charge >= 0.3 is 0 Å². The molecule has 2 aromatic heterocycles. The fourth-order valence-electron chi connectivity index (χ4n) is 3.41. The highest BCUT2D eigenvalue weighted by Gasteiger charge is 2.28. The highest BCUT2D eigenvalue weighted by molar-refractivity contribution is 9.10. The summed E-state index contributed by atoms with van der Waals surface area (Å²) in [7, 11) is 2.19. The number of halogens is 1. The minimum Gasteiger partial charge on any atom is -0.356 e. The molecular formula is C18H23BrN4S. The Morgan fingerprint density at radius 3 is 2.75 bits per heavy atom. The second-order valence-electron chi connectivity index (χ2n) is 6.90. The number of anilines is 1. The van der Waals surface area contributed by atoms with Crippen LogP contribution in [0.25, 0.3) is 0 Å². The Hall–Kier alpha value is -0.980. The first-order valence-corrected chi connectivity index (χ1v) is 10.4. The minimum absolute atomic E-state index is 0.582. The van der Waals surface area contributed by atoms with Crippen molar-refractivity contribution < 1.29 is 0 Å². The van der Waals surface area contributed by atoms with Gasteiger partial charge in [0.1, 0.15) is 11.6 Å². The number of rotatable bonds is 5. The quantitative estimate of drug-likeness (QED) is 0.741. The third-order valence-electron chi connectivity index (χ3n) is 5.07. The molecule has 4 rings (SSSR count). The smallest absolute Gasteiger partial charge is 0.133 e. The molecule has 0 atom stereocenters. The molecule has 0 unspecified atom stereocenters. The average Bonchev–Trinajstić information content (AvgIpc) is 3.38. The number of thiophene rings is 1. The van der Waals surface area contributed by atoms with Crippen molar-refractivity contribution >= 4 is 33.1 Å². The molecule has 4 nitrogen and oxygen atoms in total. The summed E-state index contributed by atoms with van der Waals surface area (Å²) < 4.78 is 1.20. The molecular weight excluding hydrogens is 384 g/mol. The molecule has 1 aliphatic heterocycles. The van der Waals surface area contributed by atoms with E-state index in [2.05, 4.69) is 55.3 Å². The van der Waals surface area contributed by atoms with E-state index in [0.717, 1.165) is 31.3 Å². The molecule has 1 aliphatic carbocycles. The Bertz CT molecular complexity index is 692. The van der Waals surface area contributed by atoms with Crippen LogP contribution < -0.4 is 4.90 Å². The lowest BCUT2D eigenvalue weighted by Crippen LogP contribution is -2.43. The van der Waals surface area contributed by atoms with Crippen LogP contribution in [0.15, 0.2) is 28.2 Å². The van der Waals surface area contributed by atoms with E-state index in [1.165, 1.54) is 35.0 Å². The van der Waals surface area contributed by atoms with Crippen LogP contribution in [0.5, 0.6) is 0 Å². The van der Waals surface area contributed by atoms with Crippen LogP contribution in [0.1, 0.15) is 42.3 Å². The first-order valence-electron chi connectivity index (χ1n) is 8.70. The molecule has 2 aliphatic rings. The van der Waals surface area contributed by atoms with Crippen LogP contribution in [0.4, 0.5) is 5.82 Å². The van der Waals surface area contributed by atoms with Gasteiger partial charge in [-0.2, -0.15) is 0 Å². The van der Waals surface area contributed by atoms with E-state index in [9.17, 15) is 0 Å². The molecule has 0 bridgehead atoms. The SMILES string of the molecule is CN(c1ccnc(C2CC2)n1)C1CCN(Cc2cc(Br)cs2)CC1. The molecule has 0 N–H and O–H groups in total. The monoisotopic (exact) mass is 406 g/mol. The summed E-state index contributed by atoms with van der Waals surface area (Å²) in [5, 5.41) is 2.17. The van der Waals surface area contributed by atoms with Gasteiger partial charge in [0, 0.05) is 59.6 Å². The highest BCUT2D eigenvalue weighted by atomic mass is 79.9. The van der Waals surface area contributed by atoms with Gasteiger partial charge in [-0.25, -0.2) is 9.97 Å². The summed E-state index contributed by atoms with van der Waals surface area (Å²) >= 11 is 5.39. The average molecular weight is 407 g/mol. The maximum atomic E-state index is 4.80. The van der Waals surface area contributed by atoms with Gasteiger partial charge in [0.25, 0.3) is 0 Å². The molecule has 2 aromatic rings. The van der Waals surface area contributed by atoms with E-state index < -0.39 is 0 Å². The molecule has 6 heteroatoms. The third-order valence-corrected chi connectivity index (χ3v) is 6.75. The van der Waals surface area contributed by atoms with E-state index >= 15 is 0 Å². The van der Waals surface area contributed by atoms with Gasteiger partial charge in [0.15, 0.2) is 0 Å². The normalized spacial score (nSPS) is 19.6. The lowest BCUT2D eigenvalue weighted by atomic mass is 10.0. The third kappa shape index (κ3) is 3.81. The molecule has 1 saturated heterocycles. The highest BCUT2D eigenvalue weighted by Crippen LogP contribution is 2.38. The summed E-state index contributed by atoms with van der Waals surface area (Å²) in [5.74, 6) is 2.75. The topological polar surface area (TPSA) is 32.3 Å². The Morgan fingerprint density at radius 1 is 1.29 bits per heavy atom. The minimum atomic E-state index is 0.582. The number of aromatic nitrogens is 2. The van der Waals surface area contributed by atoms with Crippen molar-refractivity contribution in [1.82, 2.24) is 14.9 Å². The zero-order chi connectivity index (χ0) is 16.5. The first kappa shape index (κ1) is 16.5. The molecule has 3 heterocycles. The van der Waals surface area contributed by atoms with E-state index in [1.807, 2.05) is 17.5 Å². The Balaban J connectivity index is 1.34. The second-order valence-corrected chi connectivity index (χ2v) is 8.81. The Labute approximate surface area is 156 Å². The summed E-state index contributed by atoms with van der Waals surface area (Å²) in [6.07, 6.45) is 6.84. The zero-order valence-electron chi connectivity index (χ0n) is 14.0. The van der Waals surface area contributed by atoms with Gasteiger partial charge in [0.2, 0.25) is 0 Å². The largest absolute Gasteiger partial charge is 0.356 e. The number of likely N-dealkylation sites (tertiary alicyclic amines) is 1. The fourth-order valence-corrected chi connectivity index (χ4v) is 4.90. The van der Waals surface area contributed by atoms with Gasteiger partial charge in [0.05, 0.1) is 0 Å². The number of hydrogen-bond donors (Lipinski definition) is 0. The predicted octanol–water partition coefficient (Wildman–Crippen LogP) is 4.28. The Kier molecular flexibility index (Phi) is 4.88. The van der Waals surface area contributed by atoms with Crippen molar-refractivity contribution in [3.8, 4) is 0 Å². The summed E-state index contributed by atoms with van der Waals surface area (Å²) in [6, 6.07) is 4.88. The molecule has 0 amide bonds.